The van der Waals surface area contributed by atoms with Gasteiger partial charge in [0.2, 0.25) is 10.0 Å². The normalized spacial score (nSPS) is 15.6. The van der Waals surface area contributed by atoms with Gasteiger partial charge in [0.05, 0.1) is 61.7 Å². The lowest BCUT2D eigenvalue weighted by atomic mass is 10.1. The number of ether oxygens (including phenoxy) is 4. The van der Waals surface area contributed by atoms with Crippen molar-refractivity contribution in [2.24, 2.45) is 5.92 Å². The summed E-state index contributed by atoms with van der Waals surface area (Å²) in [5.74, 6) is -0.559. The van der Waals surface area contributed by atoms with E-state index < -0.39 is 22.0 Å². The van der Waals surface area contributed by atoms with Crippen LogP contribution in [0.2, 0.25) is 0 Å². The van der Waals surface area contributed by atoms with E-state index in [0.717, 1.165) is 16.9 Å². The summed E-state index contributed by atoms with van der Waals surface area (Å²) < 4.78 is 50.1. The SMILES string of the molecule is CCOCCOCCOCCOC(=O)[C@H](CC(C)C)NS(=O)(=O)c1ccc(CN2c3ccncc3NC2C)cc1. The van der Waals surface area contributed by atoms with E-state index in [1.165, 1.54) is 0 Å². The number of nitrogens with one attached hydrogen (secondary N) is 2. The minimum absolute atomic E-state index is 0.0196. The first-order chi connectivity index (χ1) is 19.2. The first kappa shape index (κ1) is 31.8. The van der Waals surface area contributed by atoms with Crippen molar-refractivity contribution in [2.45, 2.75) is 57.8 Å². The van der Waals surface area contributed by atoms with Crippen molar-refractivity contribution in [3.05, 3.63) is 48.3 Å². The Morgan fingerprint density at radius 1 is 1.02 bits per heavy atom. The van der Waals surface area contributed by atoms with E-state index in [9.17, 15) is 13.2 Å². The first-order valence-corrected chi connectivity index (χ1v) is 15.2. The first-order valence-electron chi connectivity index (χ1n) is 13.7. The molecule has 1 aliphatic heterocycles. The molecule has 0 aliphatic carbocycles. The Kier molecular flexibility index (Phi) is 12.6. The lowest BCUT2D eigenvalue weighted by Gasteiger charge is -2.24. The summed E-state index contributed by atoms with van der Waals surface area (Å²) in [4.78, 5) is 19.2. The van der Waals surface area contributed by atoms with Gasteiger partial charge in [-0.05, 0) is 49.9 Å². The molecule has 40 heavy (non-hydrogen) atoms. The predicted octanol–water partition coefficient (Wildman–Crippen LogP) is 3.17. The average Bonchev–Trinajstić information content (AvgIpc) is 3.23. The molecular weight excluding hydrogens is 536 g/mol. The second-order valence-corrected chi connectivity index (χ2v) is 11.6. The van der Waals surface area contributed by atoms with Gasteiger partial charge in [-0.3, -0.25) is 9.78 Å². The zero-order valence-corrected chi connectivity index (χ0v) is 24.6. The van der Waals surface area contributed by atoms with Crippen molar-refractivity contribution in [2.75, 3.05) is 56.5 Å². The van der Waals surface area contributed by atoms with Crippen LogP contribution in [0.5, 0.6) is 0 Å². The maximum atomic E-state index is 13.1. The van der Waals surface area contributed by atoms with Gasteiger partial charge in [-0.25, -0.2) is 8.42 Å². The number of nitrogens with zero attached hydrogens (tertiary/aromatic N) is 2. The predicted molar refractivity (Wildman–Crippen MR) is 153 cm³/mol. The van der Waals surface area contributed by atoms with Crippen LogP contribution in [0.3, 0.4) is 0 Å². The highest BCUT2D eigenvalue weighted by Crippen LogP contribution is 2.34. The Balaban J connectivity index is 1.50. The number of esters is 1. The number of rotatable bonds is 18. The summed E-state index contributed by atoms with van der Waals surface area (Å²) in [7, 11) is -3.95. The minimum atomic E-state index is -3.95. The molecule has 1 aliphatic rings. The molecular formula is C28H42N4O7S. The summed E-state index contributed by atoms with van der Waals surface area (Å²) in [6, 6.07) is 7.63. The number of carbonyl (C=O) groups is 1. The van der Waals surface area contributed by atoms with E-state index in [2.05, 4.69) is 26.8 Å². The number of hydrogen-bond acceptors (Lipinski definition) is 10. The molecule has 3 rings (SSSR count). The molecule has 0 amide bonds. The standard InChI is InChI=1S/C28H42N4O7S/c1-5-36-12-13-37-14-15-38-16-17-39-28(33)25(18-21(2)3)31-40(34,35)24-8-6-23(7-9-24)20-32-22(4)30-26-19-29-11-10-27(26)32/h6-11,19,21-22,25,30-31H,5,12-18,20H2,1-4H3/t22?,25-/m0/s1. The molecule has 0 spiro atoms. The Hall–Kier alpha value is -2.77. The molecule has 0 saturated carbocycles. The topological polar surface area (TPSA) is 128 Å². The van der Waals surface area contributed by atoms with Gasteiger partial charge in [-0.2, -0.15) is 4.72 Å². The second kappa shape index (κ2) is 15.9. The van der Waals surface area contributed by atoms with Gasteiger partial charge in [-0.15, -0.1) is 0 Å². The van der Waals surface area contributed by atoms with Crippen LogP contribution in [0, 0.1) is 5.92 Å². The summed E-state index contributed by atoms with van der Waals surface area (Å²) in [6.45, 7) is 11.1. The fraction of sp³-hybridized carbons (Fsp3) is 0.571. The highest BCUT2D eigenvalue weighted by Gasteiger charge is 2.28. The Labute approximate surface area is 237 Å². The minimum Gasteiger partial charge on any atom is -0.462 e. The number of benzene rings is 1. The van der Waals surface area contributed by atoms with E-state index >= 15 is 0 Å². The van der Waals surface area contributed by atoms with Gasteiger partial charge in [0.15, 0.2) is 0 Å². The van der Waals surface area contributed by atoms with Crippen LogP contribution in [0.4, 0.5) is 11.4 Å². The largest absolute Gasteiger partial charge is 0.462 e. The highest BCUT2D eigenvalue weighted by atomic mass is 32.2. The lowest BCUT2D eigenvalue weighted by molar-refractivity contribution is -0.147. The van der Waals surface area contributed by atoms with E-state index in [0.29, 0.717) is 46.0 Å². The van der Waals surface area contributed by atoms with E-state index in [4.69, 9.17) is 18.9 Å². The van der Waals surface area contributed by atoms with E-state index in [-0.39, 0.29) is 30.2 Å². The number of aromatic nitrogens is 1. The number of anilines is 2. The number of hydrogen-bond donors (Lipinski definition) is 2. The van der Waals surface area contributed by atoms with Gasteiger partial charge in [0.1, 0.15) is 12.6 Å². The van der Waals surface area contributed by atoms with Crippen LogP contribution in [0.1, 0.15) is 39.7 Å². The molecule has 0 bridgehead atoms. The smallest absolute Gasteiger partial charge is 0.324 e. The van der Waals surface area contributed by atoms with Crippen molar-refractivity contribution in [1.82, 2.24) is 9.71 Å². The van der Waals surface area contributed by atoms with E-state index in [1.807, 2.05) is 26.8 Å². The summed E-state index contributed by atoms with van der Waals surface area (Å²) in [5.41, 5.74) is 2.97. The van der Waals surface area contributed by atoms with Crippen LogP contribution in [0.25, 0.3) is 0 Å². The molecule has 2 heterocycles. The number of fused-ring (bicyclic) bond motifs is 1. The van der Waals surface area contributed by atoms with Gasteiger partial charge in [0.25, 0.3) is 0 Å². The lowest BCUT2D eigenvalue weighted by Crippen LogP contribution is -2.43. The molecule has 222 valence electrons. The molecule has 2 N–H and O–H groups in total. The summed E-state index contributed by atoms with van der Waals surface area (Å²) >= 11 is 0. The Morgan fingerprint density at radius 3 is 2.33 bits per heavy atom. The third kappa shape index (κ3) is 9.70. The summed E-state index contributed by atoms with van der Waals surface area (Å²) in [5, 5.41) is 3.38. The summed E-state index contributed by atoms with van der Waals surface area (Å²) in [6.07, 6.45) is 3.93. The van der Waals surface area contributed by atoms with Crippen molar-refractivity contribution in [3.8, 4) is 0 Å². The van der Waals surface area contributed by atoms with Crippen molar-refractivity contribution in [1.29, 1.82) is 0 Å². The maximum absolute atomic E-state index is 13.1. The fourth-order valence-electron chi connectivity index (χ4n) is 4.26. The molecule has 2 aromatic rings. The Morgan fingerprint density at radius 2 is 1.68 bits per heavy atom. The molecule has 1 aromatic heterocycles. The fourth-order valence-corrected chi connectivity index (χ4v) is 5.46. The van der Waals surface area contributed by atoms with Crippen molar-refractivity contribution >= 4 is 27.4 Å². The zero-order chi connectivity index (χ0) is 29.0. The van der Waals surface area contributed by atoms with Crippen LogP contribution >= 0.6 is 0 Å². The molecule has 0 saturated heterocycles. The second-order valence-electron chi connectivity index (χ2n) is 9.88. The molecule has 0 radical (unpaired) electrons. The van der Waals surface area contributed by atoms with Crippen LogP contribution in [-0.4, -0.2) is 77.8 Å². The third-order valence-corrected chi connectivity index (χ3v) is 7.72. The van der Waals surface area contributed by atoms with Gasteiger partial charge < -0.3 is 29.2 Å². The quantitative estimate of drug-likeness (QED) is 0.201. The molecule has 1 aromatic carbocycles. The molecule has 2 atom stereocenters. The maximum Gasteiger partial charge on any atom is 0.324 e. The molecule has 0 fully saturated rings. The van der Waals surface area contributed by atoms with Gasteiger partial charge in [-0.1, -0.05) is 26.0 Å². The number of carbonyl (C=O) groups excluding carboxylic acids is 1. The van der Waals surface area contributed by atoms with Crippen LogP contribution in [0.15, 0.2) is 47.6 Å². The van der Waals surface area contributed by atoms with Crippen LogP contribution in [-0.2, 0) is 40.3 Å². The van der Waals surface area contributed by atoms with E-state index in [1.54, 1.807) is 36.7 Å². The monoisotopic (exact) mass is 578 g/mol. The zero-order valence-electron chi connectivity index (χ0n) is 23.8. The molecule has 1 unspecified atom stereocenters. The average molecular weight is 579 g/mol. The highest BCUT2D eigenvalue weighted by molar-refractivity contribution is 7.89. The van der Waals surface area contributed by atoms with Gasteiger partial charge in [0, 0.05) is 19.3 Å². The Bertz CT molecular complexity index is 1160. The van der Waals surface area contributed by atoms with Crippen molar-refractivity contribution in [3.63, 3.8) is 0 Å². The van der Waals surface area contributed by atoms with Crippen molar-refractivity contribution < 1.29 is 32.2 Å². The number of sulfonamides is 1. The third-order valence-electron chi connectivity index (χ3n) is 6.24. The molecule has 11 nitrogen and oxygen atoms in total. The number of pyridine rings is 1. The van der Waals surface area contributed by atoms with Gasteiger partial charge >= 0.3 is 5.97 Å². The van der Waals surface area contributed by atoms with Crippen LogP contribution < -0.4 is 14.9 Å². The molecule has 12 heteroatoms.